The molecule has 0 bridgehead atoms. The molecule has 0 spiro atoms. The Morgan fingerprint density at radius 2 is 1.83 bits per heavy atom. The number of rotatable bonds is 5. The first-order chi connectivity index (χ1) is 14.2. The van der Waals surface area contributed by atoms with Crippen LogP contribution in [0.4, 0.5) is 5.82 Å². The number of hydrogen-bond donors (Lipinski definition) is 0. The molecule has 9 heteroatoms. The van der Waals surface area contributed by atoms with E-state index in [1.54, 1.807) is 55.7 Å². The number of hydrogen-bond acceptors (Lipinski definition) is 7. The minimum atomic E-state index is -0.0551. The predicted molar refractivity (Wildman–Crippen MR) is 107 cm³/mol. The molecule has 0 aliphatic carbocycles. The first kappa shape index (κ1) is 18.7. The second-order valence-corrected chi connectivity index (χ2v) is 6.53. The summed E-state index contributed by atoms with van der Waals surface area (Å²) in [6.45, 7) is 2.51. The van der Waals surface area contributed by atoms with Crippen molar-refractivity contribution in [2.75, 3.05) is 45.3 Å². The summed E-state index contributed by atoms with van der Waals surface area (Å²) in [6.07, 6.45) is 6.93. The molecule has 0 radical (unpaired) electrons. The van der Waals surface area contributed by atoms with Gasteiger partial charge in [0.1, 0.15) is 17.3 Å². The van der Waals surface area contributed by atoms with Gasteiger partial charge in [0, 0.05) is 44.6 Å². The molecule has 1 fully saturated rings. The van der Waals surface area contributed by atoms with Crippen LogP contribution in [0.5, 0.6) is 11.5 Å². The quantitative estimate of drug-likeness (QED) is 0.650. The van der Waals surface area contributed by atoms with Gasteiger partial charge >= 0.3 is 0 Å². The summed E-state index contributed by atoms with van der Waals surface area (Å²) < 4.78 is 12.3. The first-order valence-corrected chi connectivity index (χ1v) is 9.28. The fourth-order valence-electron chi connectivity index (χ4n) is 3.30. The van der Waals surface area contributed by atoms with Crippen molar-refractivity contribution in [3.63, 3.8) is 0 Å². The number of anilines is 1. The van der Waals surface area contributed by atoms with Crippen molar-refractivity contribution in [2.45, 2.75) is 0 Å². The highest BCUT2D eigenvalue weighted by Crippen LogP contribution is 2.26. The lowest BCUT2D eigenvalue weighted by Crippen LogP contribution is -2.49. The maximum Gasteiger partial charge on any atom is 0.257 e. The van der Waals surface area contributed by atoms with Crippen LogP contribution in [0.15, 0.2) is 49.1 Å². The van der Waals surface area contributed by atoms with Crippen molar-refractivity contribution >= 4 is 11.7 Å². The first-order valence-electron chi connectivity index (χ1n) is 9.28. The summed E-state index contributed by atoms with van der Waals surface area (Å²) in [4.78, 5) is 25.8. The average Bonchev–Trinajstić information content (AvgIpc) is 3.33. The van der Waals surface area contributed by atoms with E-state index in [-0.39, 0.29) is 5.91 Å². The maximum absolute atomic E-state index is 13.0. The standard InChI is InChI=1S/C20H22N6O3/c1-28-15-4-5-16(17(12-15)29-2)20(27)25-10-8-24(9-11-25)18-13-21-14-19(23-18)26-7-3-6-22-26/h3-7,12-14H,8-11H2,1-2H3. The summed E-state index contributed by atoms with van der Waals surface area (Å²) in [5.74, 6) is 2.54. The molecule has 0 unspecified atom stereocenters. The number of benzene rings is 1. The molecule has 9 nitrogen and oxygen atoms in total. The van der Waals surface area contributed by atoms with E-state index in [1.807, 2.05) is 17.2 Å². The van der Waals surface area contributed by atoms with Gasteiger partial charge in [-0.25, -0.2) is 9.67 Å². The molecule has 3 aromatic rings. The van der Waals surface area contributed by atoms with Gasteiger partial charge in [-0.15, -0.1) is 0 Å². The second kappa shape index (κ2) is 8.17. The van der Waals surface area contributed by atoms with Gasteiger partial charge in [0.05, 0.1) is 32.2 Å². The van der Waals surface area contributed by atoms with Crippen molar-refractivity contribution in [1.29, 1.82) is 0 Å². The van der Waals surface area contributed by atoms with Gasteiger partial charge in [-0.05, 0) is 18.2 Å². The lowest BCUT2D eigenvalue weighted by atomic mass is 10.1. The van der Waals surface area contributed by atoms with Gasteiger partial charge < -0.3 is 19.3 Å². The largest absolute Gasteiger partial charge is 0.497 e. The molecular formula is C20H22N6O3. The van der Waals surface area contributed by atoms with Gasteiger partial charge in [0.15, 0.2) is 5.82 Å². The summed E-state index contributed by atoms with van der Waals surface area (Å²) in [5, 5.41) is 4.19. The fourth-order valence-corrected chi connectivity index (χ4v) is 3.30. The molecule has 1 amide bonds. The van der Waals surface area contributed by atoms with Crippen molar-refractivity contribution < 1.29 is 14.3 Å². The molecule has 3 heterocycles. The van der Waals surface area contributed by atoms with Gasteiger partial charge in [-0.3, -0.25) is 9.78 Å². The Hall–Kier alpha value is -3.62. The number of methoxy groups -OCH3 is 2. The predicted octanol–water partition coefficient (Wildman–Crippen LogP) is 1.64. The molecule has 4 rings (SSSR count). The van der Waals surface area contributed by atoms with Crippen LogP contribution < -0.4 is 14.4 Å². The molecule has 1 aliphatic heterocycles. The van der Waals surface area contributed by atoms with E-state index in [4.69, 9.17) is 9.47 Å². The van der Waals surface area contributed by atoms with Crippen molar-refractivity contribution in [3.05, 3.63) is 54.6 Å². The number of piperazine rings is 1. The zero-order valence-corrected chi connectivity index (χ0v) is 16.4. The lowest BCUT2D eigenvalue weighted by Gasteiger charge is -2.35. The Bertz CT molecular complexity index is 984. The minimum Gasteiger partial charge on any atom is -0.497 e. The molecular weight excluding hydrogens is 372 g/mol. The third-order valence-electron chi connectivity index (χ3n) is 4.88. The van der Waals surface area contributed by atoms with Gasteiger partial charge in [-0.2, -0.15) is 5.10 Å². The van der Waals surface area contributed by atoms with Gasteiger partial charge in [0.2, 0.25) is 0 Å². The summed E-state index contributed by atoms with van der Waals surface area (Å²) in [5.41, 5.74) is 0.530. The van der Waals surface area contributed by atoms with Crippen molar-refractivity contribution in [3.8, 4) is 17.3 Å². The van der Waals surface area contributed by atoms with E-state index in [9.17, 15) is 4.79 Å². The number of carbonyl (C=O) groups is 1. The number of carbonyl (C=O) groups excluding carboxylic acids is 1. The SMILES string of the molecule is COc1ccc(C(=O)N2CCN(c3cncc(-n4cccn4)n3)CC2)c(OC)c1. The molecule has 0 saturated carbocycles. The van der Waals surface area contributed by atoms with E-state index in [0.29, 0.717) is 49.1 Å². The van der Waals surface area contributed by atoms with Crippen LogP contribution in [0.1, 0.15) is 10.4 Å². The summed E-state index contributed by atoms with van der Waals surface area (Å²) in [6, 6.07) is 7.07. The molecule has 1 aromatic carbocycles. The third-order valence-corrected chi connectivity index (χ3v) is 4.88. The van der Waals surface area contributed by atoms with Crippen molar-refractivity contribution in [1.82, 2.24) is 24.6 Å². The normalized spacial score (nSPS) is 14.0. The highest BCUT2D eigenvalue weighted by atomic mass is 16.5. The number of ether oxygens (including phenoxy) is 2. The second-order valence-electron chi connectivity index (χ2n) is 6.53. The highest BCUT2D eigenvalue weighted by molar-refractivity contribution is 5.97. The van der Waals surface area contributed by atoms with E-state index < -0.39 is 0 Å². The minimum absolute atomic E-state index is 0.0551. The zero-order chi connectivity index (χ0) is 20.2. The molecule has 1 saturated heterocycles. The Morgan fingerprint density at radius 1 is 1.03 bits per heavy atom. The van der Waals surface area contributed by atoms with Crippen LogP contribution in [0.3, 0.4) is 0 Å². The van der Waals surface area contributed by atoms with E-state index in [2.05, 4.69) is 20.0 Å². The maximum atomic E-state index is 13.0. The average molecular weight is 394 g/mol. The summed E-state index contributed by atoms with van der Waals surface area (Å²) >= 11 is 0. The van der Waals surface area contributed by atoms with E-state index in [1.165, 1.54) is 0 Å². The van der Waals surface area contributed by atoms with Crippen LogP contribution in [0, 0.1) is 0 Å². The molecule has 0 atom stereocenters. The van der Waals surface area contributed by atoms with Gasteiger partial charge in [0.25, 0.3) is 5.91 Å². The third kappa shape index (κ3) is 3.84. The van der Waals surface area contributed by atoms with Crippen LogP contribution in [-0.2, 0) is 0 Å². The Balaban J connectivity index is 1.45. The van der Waals surface area contributed by atoms with Crippen LogP contribution in [0.2, 0.25) is 0 Å². The van der Waals surface area contributed by atoms with E-state index in [0.717, 1.165) is 5.82 Å². The summed E-state index contributed by atoms with van der Waals surface area (Å²) in [7, 11) is 3.13. The van der Waals surface area contributed by atoms with Crippen molar-refractivity contribution in [2.24, 2.45) is 0 Å². The Labute approximate surface area is 168 Å². The number of amides is 1. The highest BCUT2D eigenvalue weighted by Gasteiger charge is 2.25. The van der Waals surface area contributed by atoms with E-state index >= 15 is 0 Å². The lowest BCUT2D eigenvalue weighted by molar-refractivity contribution is 0.0743. The monoisotopic (exact) mass is 394 g/mol. The molecule has 150 valence electrons. The Kier molecular flexibility index (Phi) is 5.28. The Morgan fingerprint density at radius 3 is 2.52 bits per heavy atom. The molecule has 1 aliphatic rings. The molecule has 29 heavy (non-hydrogen) atoms. The smallest absolute Gasteiger partial charge is 0.257 e. The fraction of sp³-hybridized carbons (Fsp3) is 0.300. The topological polar surface area (TPSA) is 85.6 Å². The molecule has 2 aromatic heterocycles. The number of aromatic nitrogens is 4. The van der Waals surface area contributed by atoms with Crippen LogP contribution in [0.25, 0.3) is 5.82 Å². The van der Waals surface area contributed by atoms with Gasteiger partial charge in [-0.1, -0.05) is 0 Å². The van der Waals surface area contributed by atoms with Crippen LogP contribution >= 0.6 is 0 Å². The number of nitrogens with zero attached hydrogens (tertiary/aromatic N) is 6. The molecule has 0 N–H and O–H groups in total. The van der Waals surface area contributed by atoms with Crippen LogP contribution in [-0.4, -0.2) is 71.0 Å². The zero-order valence-electron chi connectivity index (χ0n) is 16.4.